The fourth-order valence-corrected chi connectivity index (χ4v) is 3.79. The predicted octanol–water partition coefficient (Wildman–Crippen LogP) is 2.00. The number of halogens is 1. The maximum atomic E-state index is 12.3. The molecule has 1 amide bonds. The average Bonchev–Trinajstić information content (AvgIpc) is 2.38. The van der Waals surface area contributed by atoms with Gasteiger partial charge in [-0.3, -0.25) is 4.79 Å². The van der Waals surface area contributed by atoms with E-state index in [-0.39, 0.29) is 15.7 Å². The molecule has 0 atom stereocenters. The summed E-state index contributed by atoms with van der Waals surface area (Å²) >= 11 is 5.93. The molecule has 0 aliphatic heterocycles. The molecular weight excluding hydrogens is 312 g/mol. The molecule has 2 aromatic rings. The lowest BCUT2D eigenvalue weighted by Gasteiger charge is -2.08. The summed E-state index contributed by atoms with van der Waals surface area (Å²) in [5, 5.41) is 0.0868. The molecule has 0 saturated carbocycles. The highest BCUT2D eigenvalue weighted by molar-refractivity contribution is 7.90. The molecule has 5 nitrogen and oxygen atoms in total. The van der Waals surface area contributed by atoms with Crippen molar-refractivity contribution in [3.63, 3.8) is 0 Å². The summed E-state index contributed by atoms with van der Waals surface area (Å²) in [5.41, 5.74) is 11.9. The minimum Gasteiger partial charge on any atom is -0.399 e. The average molecular weight is 325 g/mol. The summed E-state index contributed by atoms with van der Waals surface area (Å²) in [6, 6.07) is 10.3. The standard InChI is InChI=1S/C14H13ClN2O3S/c15-12-7-11(16)5-6-13(12)21(19,20)8-9-1-3-10(4-2-9)14(17)18/h1-7H,8,16H2,(H2,17,18). The molecule has 21 heavy (non-hydrogen) atoms. The first kappa shape index (κ1) is 15.3. The first-order chi connectivity index (χ1) is 9.79. The molecule has 0 aromatic heterocycles. The first-order valence-electron chi connectivity index (χ1n) is 5.96. The molecule has 0 radical (unpaired) electrons. The van der Waals surface area contributed by atoms with Gasteiger partial charge in [0.2, 0.25) is 5.91 Å². The first-order valence-corrected chi connectivity index (χ1v) is 7.99. The smallest absolute Gasteiger partial charge is 0.248 e. The lowest BCUT2D eigenvalue weighted by molar-refractivity contribution is 0.100. The van der Waals surface area contributed by atoms with Crippen molar-refractivity contribution < 1.29 is 13.2 Å². The van der Waals surface area contributed by atoms with Gasteiger partial charge in [-0.1, -0.05) is 23.7 Å². The number of carbonyl (C=O) groups is 1. The predicted molar refractivity (Wildman–Crippen MR) is 81.7 cm³/mol. The molecule has 2 aromatic carbocycles. The van der Waals surface area contributed by atoms with Crippen LogP contribution in [-0.2, 0) is 15.6 Å². The number of anilines is 1. The third kappa shape index (κ3) is 3.53. The van der Waals surface area contributed by atoms with Crippen molar-refractivity contribution in [1.82, 2.24) is 0 Å². The minimum atomic E-state index is -3.60. The lowest BCUT2D eigenvalue weighted by atomic mass is 10.1. The van der Waals surface area contributed by atoms with E-state index in [0.29, 0.717) is 16.8 Å². The molecule has 0 spiro atoms. The number of carbonyl (C=O) groups excluding carboxylic acids is 1. The van der Waals surface area contributed by atoms with Gasteiger partial charge >= 0.3 is 0 Å². The Balaban J connectivity index is 2.30. The van der Waals surface area contributed by atoms with Crippen molar-refractivity contribution in [2.45, 2.75) is 10.6 Å². The number of benzene rings is 2. The normalized spacial score (nSPS) is 11.3. The molecule has 0 fully saturated rings. The van der Waals surface area contributed by atoms with Crippen LogP contribution in [0.15, 0.2) is 47.4 Å². The second kappa shape index (κ2) is 5.75. The largest absolute Gasteiger partial charge is 0.399 e. The number of amides is 1. The molecular formula is C14H13ClN2O3S. The van der Waals surface area contributed by atoms with Gasteiger partial charge < -0.3 is 11.5 Å². The minimum absolute atomic E-state index is 0.0253. The van der Waals surface area contributed by atoms with E-state index >= 15 is 0 Å². The fourth-order valence-electron chi connectivity index (χ4n) is 1.83. The summed E-state index contributed by atoms with van der Waals surface area (Å²) in [4.78, 5) is 11.0. The van der Waals surface area contributed by atoms with E-state index in [1.807, 2.05) is 0 Å². The van der Waals surface area contributed by atoms with E-state index in [4.69, 9.17) is 23.1 Å². The Kier molecular flexibility index (Phi) is 4.20. The van der Waals surface area contributed by atoms with Crippen molar-refractivity contribution in [3.8, 4) is 0 Å². The van der Waals surface area contributed by atoms with Crippen LogP contribution in [0.4, 0.5) is 5.69 Å². The highest BCUT2D eigenvalue weighted by atomic mass is 35.5. The molecule has 0 bridgehead atoms. The van der Waals surface area contributed by atoms with Crippen molar-refractivity contribution in [2.24, 2.45) is 5.73 Å². The third-order valence-corrected chi connectivity index (χ3v) is 5.05. The summed E-state index contributed by atoms with van der Waals surface area (Å²) in [5.74, 6) is -0.790. The second-order valence-corrected chi connectivity index (χ2v) is 6.88. The molecule has 0 unspecified atom stereocenters. The van der Waals surface area contributed by atoms with Gasteiger partial charge in [0.25, 0.3) is 0 Å². The maximum Gasteiger partial charge on any atom is 0.248 e. The molecule has 0 saturated heterocycles. The van der Waals surface area contributed by atoms with Crippen molar-refractivity contribution in [1.29, 1.82) is 0 Å². The molecule has 7 heteroatoms. The van der Waals surface area contributed by atoms with Crippen LogP contribution in [0.25, 0.3) is 0 Å². The van der Waals surface area contributed by atoms with E-state index in [0.717, 1.165) is 0 Å². The molecule has 0 heterocycles. The molecule has 4 N–H and O–H groups in total. The molecule has 2 rings (SSSR count). The fraction of sp³-hybridized carbons (Fsp3) is 0.0714. The van der Waals surface area contributed by atoms with Gasteiger partial charge in [0.15, 0.2) is 9.84 Å². The topological polar surface area (TPSA) is 103 Å². The van der Waals surface area contributed by atoms with Gasteiger partial charge in [-0.25, -0.2) is 8.42 Å². The molecule has 0 aliphatic carbocycles. The van der Waals surface area contributed by atoms with E-state index in [9.17, 15) is 13.2 Å². The van der Waals surface area contributed by atoms with Crippen molar-refractivity contribution >= 4 is 33.0 Å². The van der Waals surface area contributed by atoms with Gasteiger partial charge in [0, 0.05) is 11.3 Å². The number of hydrogen-bond donors (Lipinski definition) is 2. The highest BCUT2D eigenvalue weighted by Crippen LogP contribution is 2.26. The van der Waals surface area contributed by atoms with E-state index in [1.165, 1.54) is 30.3 Å². The zero-order valence-electron chi connectivity index (χ0n) is 10.9. The Bertz CT molecular complexity index is 786. The van der Waals surface area contributed by atoms with Crippen LogP contribution in [0, 0.1) is 0 Å². The van der Waals surface area contributed by atoms with Gasteiger partial charge in [-0.15, -0.1) is 0 Å². The Labute approximate surface area is 127 Å². The number of hydrogen-bond acceptors (Lipinski definition) is 4. The van der Waals surface area contributed by atoms with Gasteiger partial charge in [0.05, 0.1) is 15.7 Å². The quantitative estimate of drug-likeness (QED) is 0.839. The number of nitrogens with two attached hydrogens (primary N) is 2. The lowest BCUT2D eigenvalue weighted by Crippen LogP contribution is -2.11. The number of rotatable bonds is 4. The van der Waals surface area contributed by atoms with Crippen molar-refractivity contribution in [2.75, 3.05) is 5.73 Å². The van der Waals surface area contributed by atoms with Crippen LogP contribution >= 0.6 is 11.6 Å². The van der Waals surface area contributed by atoms with Crippen LogP contribution in [0.3, 0.4) is 0 Å². The number of nitrogen functional groups attached to an aromatic ring is 1. The van der Waals surface area contributed by atoms with Crippen molar-refractivity contribution in [3.05, 3.63) is 58.6 Å². The summed E-state index contributed by atoms with van der Waals surface area (Å²) in [6.45, 7) is 0. The van der Waals surface area contributed by atoms with Crippen LogP contribution in [-0.4, -0.2) is 14.3 Å². The van der Waals surface area contributed by atoms with Gasteiger partial charge in [-0.05, 0) is 35.9 Å². The monoisotopic (exact) mass is 324 g/mol. The van der Waals surface area contributed by atoms with Gasteiger partial charge in [0.1, 0.15) is 0 Å². The maximum absolute atomic E-state index is 12.3. The van der Waals surface area contributed by atoms with E-state index in [2.05, 4.69) is 0 Å². The summed E-state index contributed by atoms with van der Waals surface area (Å²) < 4.78 is 24.7. The Morgan fingerprint density at radius 3 is 2.24 bits per heavy atom. The zero-order valence-corrected chi connectivity index (χ0v) is 12.5. The second-order valence-electron chi connectivity index (χ2n) is 4.51. The molecule has 110 valence electrons. The van der Waals surface area contributed by atoms with E-state index in [1.54, 1.807) is 12.1 Å². The third-order valence-electron chi connectivity index (χ3n) is 2.89. The van der Waals surface area contributed by atoms with Crippen LogP contribution in [0.1, 0.15) is 15.9 Å². The Hall–Kier alpha value is -2.05. The molecule has 0 aliphatic rings. The van der Waals surface area contributed by atoms with Gasteiger partial charge in [-0.2, -0.15) is 0 Å². The van der Waals surface area contributed by atoms with Crippen LogP contribution in [0.5, 0.6) is 0 Å². The Morgan fingerprint density at radius 1 is 1.10 bits per heavy atom. The number of primary amides is 1. The van der Waals surface area contributed by atoms with Crippen LogP contribution < -0.4 is 11.5 Å². The zero-order chi connectivity index (χ0) is 15.6. The SMILES string of the molecule is NC(=O)c1ccc(CS(=O)(=O)c2ccc(N)cc2Cl)cc1. The highest BCUT2D eigenvalue weighted by Gasteiger charge is 2.19. The number of sulfone groups is 1. The Morgan fingerprint density at radius 2 is 1.71 bits per heavy atom. The summed E-state index contributed by atoms with van der Waals surface area (Å²) in [7, 11) is -3.60. The van der Waals surface area contributed by atoms with Crippen LogP contribution in [0.2, 0.25) is 5.02 Å². The van der Waals surface area contributed by atoms with E-state index < -0.39 is 15.7 Å². The summed E-state index contributed by atoms with van der Waals surface area (Å²) in [6.07, 6.45) is 0.